The fourth-order valence-corrected chi connectivity index (χ4v) is 1.39. The molecule has 0 aromatic carbocycles. The monoisotopic (exact) mass is 153 g/mol. The van der Waals surface area contributed by atoms with E-state index in [1.807, 2.05) is 5.01 Å². The lowest BCUT2D eigenvalue weighted by Crippen LogP contribution is -2.38. The van der Waals surface area contributed by atoms with Crippen molar-refractivity contribution in [3.63, 3.8) is 0 Å². The van der Waals surface area contributed by atoms with Crippen LogP contribution in [0.15, 0.2) is 17.9 Å². The van der Waals surface area contributed by atoms with E-state index < -0.39 is 0 Å². The molecule has 0 atom stereocenters. The Morgan fingerprint density at radius 3 is 2.55 bits per heavy atom. The maximum absolute atomic E-state index is 3.87. The summed E-state index contributed by atoms with van der Waals surface area (Å²) in [5, 5.41) is 9.01. The highest BCUT2D eigenvalue weighted by Crippen LogP contribution is 2.11. The first kappa shape index (κ1) is 8.27. The number of rotatable bonds is 3. The highest BCUT2D eigenvalue weighted by atomic mass is 15.4. The third-order valence-electron chi connectivity index (χ3n) is 2.03. The van der Waals surface area contributed by atoms with Gasteiger partial charge in [0.1, 0.15) is 0 Å². The molecule has 0 spiro atoms. The predicted octanol–water partition coefficient (Wildman–Crippen LogP) is 0.799. The molecule has 1 rings (SSSR count). The molecule has 1 aliphatic heterocycles. The molecule has 0 aromatic heterocycles. The smallest absolute Gasteiger partial charge is 0.0542 e. The summed E-state index contributed by atoms with van der Waals surface area (Å²) in [6, 6.07) is 0.506. The summed E-state index contributed by atoms with van der Waals surface area (Å²) in [5.41, 5.74) is 0. The fourth-order valence-electron chi connectivity index (χ4n) is 1.39. The molecule has 0 unspecified atom stereocenters. The highest BCUT2D eigenvalue weighted by Gasteiger charge is 2.16. The van der Waals surface area contributed by atoms with Crippen LogP contribution in [-0.2, 0) is 0 Å². The SMILES string of the molecule is C=CN(N=C)C1CCNCC1. The molecule has 1 saturated heterocycles. The fraction of sp³-hybridized carbons (Fsp3) is 0.625. The lowest BCUT2D eigenvalue weighted by atomic mass is 10.1. The molecular weight excluding hydrogens is 138 g/mol. The molecule has 0 amide bonds. The van der Waals surface area contributed by atoms with E-state index in [1.54, 1.807) is 6.20 Å². The molecule has 1 heterocycles. The first-order valence-electron chi connectivity index (χ1n) is 3.96. The molecule has 1 N–H and O–H groups in total. The van der Waals surface area contributed by atoms with Gasteiger partial charge < -0.3 is 5.32 Å². The van der Waals surface area contributed by atoms with Gasteiger partial charge in [-0.25, -0.2) is 0 Å². The average Bonchev–Trinajstić information content (AvgIpc) is 2.09. The van der Waals surface area contributed by atoms with Crippen LogP contribution in [0.25, 0.3) is 0 Å². The van der Waals surface area contributed by atoms with Gasteiger partial charge in [0.05, 0.1) is 6.04 Å². The Labute approximate surface area is 67.8 Å². The van der Waals surface area contributed by atoms with Gasteiger partial charge in [-0.3, -0.25) is 5.01 Å². The molecule has 0 aliphatic carbocycles. The first-order valence-corrected chi connectivity index (χ1v) is 3.96. The van der Waals surface area contributed by atoms with Gasteiger partial charge in [-0.1, -0.05) is 6.58 Å². The van der Waals surface area contributed by atoms with E-state index in [2.05, 4.69) is 23.7 Å². The largest absolute Gasteiger partial charge is 0.317 e. The van der Waals surface area contributed by atoms with Crippen molar-refractivity contribution in [3.05, 3.63) is 12.8 Å². The Bertz CT molecular complexity index is 130. The summed E-state index contributed by atoms with van der Waals surface area (Å²) in [4.78, 5) is 0. The summed E-state index contributed by atoms with van der Waals surface area (Å²) in [7, 11) is 0. The molecule has 3 nitrogen and oxygen atoms in total. The number of nitrogens with one attached hydrogen (secondary N) is 1. The summed E-state index contributed by atoms with van der Waals surface area (Å²) >= 11 is 0. The second-order valence-electron chi connectivity index (χ2n) is 2.69. The highest BCUT2D eigenvalue weighted by molar-refractivity contribution is 5.23. The molecule has 0 saturated carbocycles. The summed E-state index contributed by atoms with van der Waals surface area (Å²) in [5.74, 6) is 0. The van der Waals surface area contributed by atoms with Gasteiger partial charge in [0, 0.05) is 12.9 Å². The minimum absolute atomic E-state index is 0.506. The van der Waals surface area contributed by atoms with Gasteiger partial charge in [0.2, 0.25) is 0 Å². The van der Waals surface area contributed by atoms with Crippen LogP contribution in [0.4, 0.5) is 0 Å². The molecule has 62 valence electrons. The zero-order valence-corrected chi connectivity index (χ0v) is 6.79. The molecule has 0 aromatic rings. The lowest BCUT2D eigenvalue weighted by molar-refractivity contribution is 0.236. The van der Waals surface area contributed by atoms with Gasteiger partial charge in [-0.05, 0) is 25.9 Å². The molecule has 11 heavy (non-hydrogen) atoms. The molecule has 0 bridgehead atoms. The van der Waals surface area contributed by atoms with Gasteiger partial charge >= 0.3 is 0 Å². The number of hydrogen-bond donors (Lipinski definition) is 1. The molecular formula is C8H15N3. The van der Waals surface area contributed by atoms with Crippen molar-refractivity contribution < 1.29 is 0 Å². The van der Waals surface area contributed by atoms with E-state index in [0.29, 0.717) is 6.04 Å². The number of hydrazone groups is 1. The van der Waals surface area contributed by atoms with Crippen LogP contribution in [0.3, 0.4) is 0 Å². The Balaban J connectivity index is 2.42. The zero-order chi connectivity index (χ0) is 8.10. The predicted molar refractivity (Wildman–Crippen MR) is 47.5 cm³/mol. The van der Waals surface area contributed by atoms with Crippen molar-refractivity contribution in [1.82, 2.24) is 10.3 Å². The number of hydrogen-bond acceptors (Lipinski definition) is 3. The van der Waals surface area contributed by atoms with E-state index >= 15 is 0 Å². The molecule has 0 radical (unpaired) electrons. The van der Waals surface area contributed by atoms with Crippen LogP contribution < -0.4 is 5.32 Å². The van der Waals surface area contributed by atoms with E-state index in [1.165, 1.54) is 0 Å². The average molecular weight is 153 g/mol. The van der Waals surface area contributed by atoms with Crippen molar-refractivity contribution in [2.45, 2.75) is 18.9 Å². The Morgan fingerprint density at radius 2 is 2.09 bits per heavy atom. The second-order valence-corrected chi connectivity index (χ2v) is 2.69. The first-order chi connectivity index (χ1) is 5.38. The van der Waals surface area contributed by atoms with E-state index in [-0.39, 0.29) is 0 Å². The molecule has 1 aliphatic rings. The van der Waals surface area contributed by atoms with Gasteiger partial charge in [0.25, 0.3) is 0 Å². The summed E-state index contributed by atoms with van der Waals surface area (Å²) in [6.07, 6.45) is 4.00. The topological polar surface area (TPSA) is 27.6 Å². The van der Waals surface area contributed by atoms with Gasteiger partial charge in [0.15, 0.2) is 0 Å². The van der Waals surface area contributed by atoms with Crippen molar-refractivity contribution in [1.29, 1.82) is 0 Å². The standard InChI is InChI=1S/C8H15N3/c1-3-11(9-2)8-4-6-10-7-5-8/h3,8,10H,1-2,4-7H2. The van der Waals surface area contributed by atoms with Gasteiger partial charge in [-0.15, -0.1) is 0 Å². The Kier molecular flexibility index (Phi) is 3.11. The third kappa shape index (κ3) is 2.05. The van der Waals surface area contributed by atoms with Crippen molar-refractivity contribution in [2.75, 3.05) is 13.1 Å². The van der Waals surface area contributed by atoms with Crippen molar-refractivity contribution in [3.8, 4) is 0 Å². The Morgan fingerprint density at radius 1 is 1.45 bits per heavy atom. The van der Waals surface area contributed by atoms with E-state index in [9.17, 15) is 0 Å². The van der Waals surface area contributed by atoms with E-state index in [0.717, 1.165) is 25.9 Å². The van der Waals surface area contributed by atoms with Crippen LogP contribution >= 0.6 is 0 Å². The Hall–Kier alpha value is -0.830. The number of nitrogens with zero attached hydrogens (tertiary/aromatic N) is 2. The van der Waals surface area contributed by atoms with Crippen LogP contribution in [0.5, 0.6) is 0 Å². The molecule has 1 fully saturated rings. The second kappa shape index (κ2) is 4.13. The van der Waals surface area contributed by atoms with Crippen LogP contribution in [0, 0.1) is 0 Å². The van der Waals surface area contributed by atoms with Crippen LogP contribution in [0.2, 0.25) is 0 Å². The number of piperidine rings is 1. The zero-order valence-electron chi connectivity index (χ0n) is 6.79. The summed E-state index contributed by atoms with van der Waals surface area (Å²) in [6.45, 7) is 9.32. The quantitative estimate of drug-likeness (QED) is 0.479. The minimum atomic E-state index is 0.506. The molecule has 3 heteroatoms. The summed E-state index contributed by atoms with van der Waals surface area (Å²) < 4.78 is 0. The van der Waals surface area contributed by atoms with Gasteiger partial charge in [-0.2, -0.15) is 5.10 Å². The normalized spacial score (nSPS) is 19.3. The van der Waals surface area contributed by atoms with E-state index in [4.69, 9.17) is 0 Å². The van der Waals surface area contributed by atoms with Crippen molar-refractivity contribution >= 4 is 6.72 Å². The maximum atomic E-state index is 3.87. The third-order valence-corrected chi connectivity index (χ3v) is 2.03. The lowest BCUT2D eigenvalue weighted by Gasteiger charge is -2.29. The van der Waals surface area contributed by atoms with Crippen LogP contribution in [0.1, 0.15) is 12.8 Å². The maximum Gasteiger partial charge on any atom is 0.0542 e. The van der Waals surface area contributed by atoms with Crippen LogP contribution in [-0.4, -0.2) is 30.9 Å². The minimum Gasteiger partial charge on any atom is -0.317 e. The van der Waals surface area contributed by atoms with Crippen molar-refractivity contribution in [2.24, 2.45) is 5.10 Å².